The molecule has 1 aliphatic heterocycles. The van der Waals surface area contributed by atoms with Crippen LogP contribution in [0.2, 0.25) is 0 Å². The minimum Gasteiger partial charge on any atom is -0.497 e. The van der Waals surface area contributed by atoms with Gasteiger partial charge in [0.25, 0.3) is 5.91 Å². The highest BCUT2D eigenvalue weighted by molar-refractivity contribution is 6.07. The van der Waals surface area contributed by atoms with Crippen LogP contribution in [-0.4, -0.2) is 52.9 Å². The van der Waals surface area contributed by atoms with E-state index in [1.165, 1.54) is 18.8 Å². The van der Waals surface area contributed by atoms with E-state index >= 15 is 0 Å². The third-order valence-electron chi connectivity index (χ3n) is 6.21. The average Bonchev–Trinajstić information content (AvgIpc) is 3.37. The number of rotatable bonds is 7. The highest BCUT2D eigenvalue weighted by Gasteiger charge is 2.48. The van der Waals surface area contributed by atoms with E-state index in [0.29, 0.717) is 28.1 Å². The lowest BCUT2D eigenvalue weighted by Crippen LogP contribution is -2.47. The van der Waals surface area contributed by atoms with E-state index in [4.69, 9.17) is 14.2 Å². The fraction of sp³-hybridized carbons (Fsp3) is 0.200. The molecule has 1 atom stereocenters. The standard InChI is InChI=1S/C25H23N5O6/c1-34-17-9-6-15-12-30(21(31)18(15)10-17)13-25(22(32)28-23(33)29-25)16-7-4-14(5-8-16)19-11-26-24(36-3)27-20(19)35-2/h4-12,31H,13H2,1-3H3,(H2,28,29,32,33)/t25-/m0/s1. The summed E-state index contributed by atoms with van der Waals surface area (Å²) in [5, 5.41) is 17.3. The number of hydrogen-bond acceptors (Lipinski definition) is 8. The molecule has 0 bridgehead atoms. The van der Waals surface area contributed by atoms with Crippen LogP contribution in [0.15, 0.2) is 54.9 Å². The largest absolute Gasteiger partial charge is 0.497 e. The molecule has 0 unspecified atom stereocenters. The number of amides is 3. The minimum absolute atomic E-state index is 0.0400. The van der Waals surface area contributed by atoms with Crippen molar-refractivity contribution < 1.29 is 28.9 Å². The highest BCUT2D eigenvalue weighted by atomic mass is 16.5. The van der Waals surface area contributed by atoms with Crippen LogP contribution in [0, 0.1) is 0 Å². The fourth-order valence-corrected chi connectivity index (χ4v) is 4.36. The summed E-state index contributed by atoms with van der Waals surface area (Å²) in [5.41, 5.74) is 0.437. The number of fused-ring (bicyclic) bond motifs is 1. The van der Waals surface area contributed by atoms with Gasteiger partial charge in [-0.1, -0.05) is 24.3 Å². The van der Waals surface area contributed by atoms with E-state index in [2.05, 4.69) is 20.6 Å². The molecule has 0 spiro atoms. The number of hydrogen-bond donors (Lipinski definition) is 3. The van der Waals surface area contributed by atoms with Gasteiger partial charge in [-0.2, -0.15) is 4.98 Å². The van der Waals surface area contributed by atoms with Crippen molar-refractivity contribution >= 4 is 22.7 Å². The van der Waals surface area contributed by atoms with Gasteiger partial charge >= 0.3 is 12.0 Å². The van der Waals surface area contributed by atoms with Crippen molar-refractivity contribution in [2.75, 3.05) is 21.3 Å². The molecule has 1 saturated heterocycles. The molecule has 11 nitrogen and oxygen atoms in total. The molecule has 3 heterocycles. The molecule has 3 N–H and O–H groups in total. The van der Waals surface area contributed by atoms with Crippen LogP contribution in [0.3, 0.4) is 0 Å². The number of urea groups is 1. The third-order valence-corrected chi connectivity index (χ3v) is 6.21. The normalized spacial score (nSPS) is 17.1. The molecule has 1 fully saturated rings. The first kappa shape index (κ1) is 23.0. The molecule has 5 rings (SSSR count). The maximum atomic E-state index is 13.1. The monoisotopic (exact) mass is 489 g/mol. The fourth-order valence-electron chi connectivity index (χ4n) is 4.36. The maximum Gasteiger partial charge on any atom is 0.322 e. The van der Waals surface area contributed by atoms with Crippen molar-refractivity contribution in [3.8, 4) is 34.6 Å². The smallest absolute Gasteiger partial charge is 0.322 e. The van der Waals surface area contributed by atoms with Crippen LogP contribution >= 0.6 is 0 Å². The predicted molar refractivity (Wildman–Crippen MR) is 129 cm³/mol. The van der Waals surface area contributed by atoms with Crippen molar-refractivity contribution in [1.29, 1.82) is 0 Å². The molecule has 184 valence electrons. The van der Waals surface area contributed by atoms with Crippen LogP contribution < -0.4 is 24.8 Å². The Kier molecular flexibility index (Phi) is 5.59. The number of nitrogens with zero attached hydrogens (tertiary/aromatic N) is 3. The summed E-state index contributed by atoms with van der Waals surface area (Å²) >= 11 is 0. The molecule has 0 radical (unpaired) electrons. The van der Waals surface area contributed by atoms with E-state index in [-0.39, 0.29) is 18.4 Å². The van der Waals surface area contributed by atoms with E-state index in [0.717, 1.165) is 10.9 Å². The molecule has 11 heteroatoms. The Morgan fingerprint density at radius 3 is 2.44 bits per heavy atom. The minimum atomic E-state index is -1.45. The van der Waals surface area contributed by atoms with Crippen LogP contribution in [-0.2, 0) is 16.9 Å². The Balaban J connectivity index is 1.55. The molecule has 3 amide bonds. The second-order valence-corrected chi connectivity index (χ2v) is 8.20. The van der Waals surface area contributed by atoms with E-state index in [1.54, 1.807) is 55.9 Å². The number of aromatic nitrogens is 3. The number of carbonyl (C=O) groups is 2. The Labute approximate surface area is 205 Å². The summed E-state index contributed by atoms with van der Waals surface area (Å²) in [5.74, 6) is 0.343. The first-order valence-electron chi connectivity index (χ1n) is 10.9. The summed E-state index contributed by atoms with van der Waals surface area (Å²) in [6.07, 6.45) is 3.30. The van der Waals surface area contributed by atoms with Crippen molar-refractivity contribution in [2.24, 2.45) is 0 Å². The number of imide groups is 1. The van der Waals surface area contributed by atoms with Gasteiger partial charge in [0.1, 0.15) is 5.75 Å². The molecular weight excluding hydrogens is 466 g/mol. The first-order valence-corrected chi connectivity index (χ1v) is 10.9. The number of methoxy groups -OCH3 is 3. The second-order valence-electron chi connectivity index (χ2n) is 8.20. The lowest BCUT2D eigenvalue weighted by molar-refractivity contribution is -0.124. The van der Waals surface area contributed by atoms with Gasteiger partial charge in [0, 0.05) is 23.2 Å². The van der Waals surface area contributed by atoms with Gasteiger partial charge in [-0.3, -0.25) is 10.1 Å². The SMILES string of the molecule is COc1ccc2cn(C[C@@]3(c4ccc(-c5cnc(OC)nc5OC)cc4)NC(=O)NC3=O)c(O)c2c1. The molecular formula is C25H23N5O6. The first-order chi connectivity index (χ1) is 17.4. The van der Waals surface area contributed by atoms with Gasteiger partial charge in [-0.15, -0.1) is 0 Å². The number of carbonyl (C=O) groups excluding carboxylic acids is 2. The molecule has 0 aliphatic carbocycles. The Morgan fingerprint density at radius 2 is 1.81 bits per heavy atom. The van der Waals surface area contributed by atoms with Crippen molar-refractivity contribution in [2.45, 2.75) is 12.1 Å². The van der Waals surface area contributed by atoms with Crippen LogP contribution in [0.5, 0.6) is 23.5 Å². The molecule has 0 saturated carbocycles. The molecule has 4 aromatic rings. The van der Waals surface area contributed by atoms with Gasteiger partial charge in [0.15, 0.2) is 11.4 Å². The maximum absolute atomic E-state index is 13.1. The quantitative estimate of drug-likeness (QED) is 0.337. The van der Waals surface area contributed by atoms with Gasteiger partial charge in [0.05, 0.1) is 33.4 Å². The lowest BCUT2D eigenvalue weighted by Gasteiger charge is -2.27. The number of ether oxygens (including phenoxy) is 3. The van der Waals surface area contributed by atoms with Gasteiger partial charge in [-0.25, -0.2) is 9.78 Å². The van der Waals surface area contributed by atoms with Gasteiger partial charge < -0.3 is 29.2 Å². The zero-order valence-electron chi connectivity index (χ0n) is 19.7. The summed E-state index contributed by atoms with van der Waals surface area (Å²) in [6, 6.07) is 11.9. The van der Waals surface area contributed by atoms with Crippen molar-refractivity contribution in [3.05, 3.63) is 60.4 Å². The average molecular weight is 489 g/mol. The number of aromatic hydroxyl groups is 1. The van der Waals surface area contributed by atoms with E-state index < -0.39 is 17.5 Å². The zero-order valence-corrected chi connectivity index (χ0v) is 19.7. The Hall–Kier alpha value is -4.80. The highest BCUT2D eigenvalue weighted by Crippen LogP contribution is 2.36. The van der Waals surface area contributed by atoms with Crippen molar-refractivity contribution in [1.82, 2.24) is 25.2 Å². The molecule has 2 aromatic heterocycles. The molecule has 2 aromatic carbocycles. The predicted octanol–water partition coefficient (Wildman–Crippen LogP) is 2.56. The molecule has 36 heavy (non-hydrogen) atoms. The summed E-state index contributed by atoms with van der Waals surface area (Å²) in [7, 11) is 4.50. The number of nitrogens with one attached hydrogen (secondary N) is 2. The zero-order chi connectivity index (χ0) is 25.4. The number of benzene rings is 2. The summed E-state index contributed by atoms with van der Waals surface area (Å²) in [4.78, 5) is 33.7. The van der Waals surface area contributed by atoms with Gasteiger partial charge in [-0.05, 0) is 29.3 Å². The second kappa shape index (κ2) is 8.77. The molecule has 1 aliphatic rings. The van der Waals surface area contributed by atoms with Crippen LogP contribution in [0.1, 0.15) is 5.56 Å². The van der Waals surface area contributed by atoms with Crippen LogP contribution in [0.25, 0.3) is 21.9 Å². The Morgan fingerprint density at radius 1 is 1.03 bits per heavy atom. The summed E-state index contributed by atoms with van der Waals surface area (Å²) < 4.78 is 17.2. The summed E-state index contributed by atoms with van der Waals surface area (Å²) in [6.45, 7) is -0.0400. The van der Waals surface area contributed by atoms with Gasteiger partial charge in [0.2, 0.25) is 5.88 Å². The third kappa shape index (κ3) is 3.70. The topological polar surface area (TPSA) is 137 Å². The lowest BCUT2D eigenvalue weighted by atomic mass is 9.88. The van der Waals surface area contributed by atoms with Crippen molar-refractivity contribution in [3.63, 3.8) is 0 Å². The van der Waals surface area contributed by atoms with E-state index in [9.17, 15) is 14.7 Å². The van der Waals surface area contributed by atoms with Crippen LogP contribution in [0.4, 0.5) is 4.79 Å². The Bertz CT molecular complexity index is 1480. The van der Waals surface area contributed by atoms with E-state index in [1.807, 2.05) is 6.07 Å².